The molecule has 1 aromatic carbocycles. The lowest BCUT2D eigenvalue weighted by molar-refractivity contribution is -0.137. The van der Waals surface area contributed by atoms with Crippen LogP contribution in [0.25, 0.3) is 0 Å². The topological polar surface area (TPSA) is 143 Å². The van der Waals surface area contributed by atoms with Gasteiger partial charge in [-0.05, 0) is 32.3 Å². The van der Waals surface area contributed by atoms with Crippen LogP contribution in [0.1, 0.15) is 16.8 Å². The third kappa shape index (κ3) is 4.76. The number of ether oxygens (including phenoxy) is 1. The van der Waals surface area contributed by atoms with E-state index in [-0.39, 0.29) is 35.3 Å². The molecule has 0 spiro atoms. The molecule has 1 aromatic heterocycles. The highest BCUT2D eigenvalue weighted by Gasteiger charge is 2.42. The van der Waals surface area contributed by atoms with E-state index in [0.717, 1.165) is 18.2 Å². The van der Waals surface area contributed by atoms with Crippen LogP contribution in [-0.4, -0.2) is 48.5 Å². The normalized spacial score (nSPS) is 13.4. The maximum absolute atomic E-state index is 13.1. The van der Waals surface area contributed by atoms with E-state index in [0.29, 0.717) is 0 Å². The van der Waals surface area contributed by atoms with Crippen molar-refractivity contribution in [3.63, 3.8) is 0 Å². The van der Waals surface area contributed by atoms with Crippen molar-refractivity contribution in [1.82, 2.24) is 14.9 Å². The number of hydrogen-bond donors (Lipinski definition) is 3. The van der Waals surface area contributed by atoms with Crippen LogP contribution in [0.15, 0.2) is 24.3 Å². The number of carbonyl (C=O) groups is 1. The van der Waals surface area contributed by atoms with Gasteiger partial charge in [0.15, 0.2) is 5.54 Å². The monoisotopic (exact) mass is 423 g/mol. The van der Waals surface area contributed by atoms with Crippen molar-refractivity contribution in [1.29, 1.82) is 5.26 Å². The number of halogens is 3. The number of nitrogens with two attached hydrogens (primary N) is 2. The average Bonchev–Trinajstić information content (AvgIpc) is 2.66. The number of hydrogen-bond acceptors (Lipinski definition) is 8. The molecule has 0 unspecified atom stereocenters. The Morgan fingerprint density at radius 2 is 2.00 bits per heavy atom. The Kier molecular flexibility index (Phi) is 6.49. The van der Waals surface area contributed by atoms with E-state index in [1.54, 1.807) is 19.0 Å². The molecule has 0 saturated heterocycles. The van der Waals surface area contributed by atoms with Gasteiger partial charge in [-0.1, -0.05) is 6.07 Å². The molecule has 0 aliphatic rings. The van der Waals surface area contributed by atoms with Gasteiger partial charge in [-0.15, -0.1) is 0 Å². The lowest BCUT2D eigenvalue weighted by Crippen LogP contribution is -2.55. The van der Waals surface area contributed by atoms with Crippen LogP contribution in [0.4, 0.5) is 24.8 Å². The second kappa shape index (κ2) is 8.52. The van der Waals surface area contributed by atoms with Gasteiger partial charge in [0.1, 0.15) is 11.6 Å². The highest BCUT2D eigenvalue weighted by atomic mass is 19.4. The molecule has 12 heteroatoms. The molecule has 0 saturated carbocycles. The van der Waals surface area contributed by atoms with Crippen LogP contribution < -0.4 is 21.5 Å². The number of alkyl halides is 3. The number of nitrogens with zero attached hydrogens (tertiary/aromatic N) is 4. The maximum atomic E-state index is 13.1. The summed E-state index contributed by atoms with van der Waals surface area (Å²) in [6.45, 7) is -0.147. The number of aromatic nitrogens is 2. The average molecular weight is 423 g/mol. The molecular formula is C18H20F3N7O2. The summed E-state index contributed by atoms with van der Waals surface area (Å²) in [4.78, 5) is 22.4. The number of benzene rings is 1. The number of carbonyl (C=O) groups excluding carboxylic acids is 1. The van der Waals surface area contributed by atoms with E-state index in [1.165, 1.54) is 13.2 Å². The summed E-state index contributed by atoms with van der Waals surface area (Å²) < 4.78 is 44.0. The first-order valence-electron chi connectivity index (χ1n) is 8.46. The standard InChI is InChI=1S/C18H20F3N7O2/c1-28(2)9-17(24,13-12(8-22)14(30-3)27-16(23)26-13)15(29)25-11-6-4-5-10(7-11)18(19,20)21/h4-7H,9,24H2,1-3H3,(H,25,29)(H2,23,26,27)/t17-/m1/s1. The van der Waals surface area contributed by atoms with Crippen molar-refractivity contribution in [2.45, 2.75) is 11.7 Å². The third-order valence-electron chi connectivity index (χ3n) is 4.04. The van der Waals surface area contributed by atoms with Crippen molar-refractivity contribution in [2.75, 3.05) is 38.8 Å². The third-order valence-corrected chi connectivity index (χ3v) is 4.04. The predicted octanol–water partition coefficient (Wildman–Crippen LogP) is 1.31. The molecule has 1 amide bonds. The number of anilines is 2. The minimum atomic E-state index is -4.59. The summed E-state index contributed by atoms with van der Waals surface area (Å²) in [5.41, 5.74) is 8.58. The van der Waals surface area contributed by atoms with Crippen LogP contribution >= 0.6 is 0 Å². The van der Waals surface area contributed by atoms with E-state index in [1.807, 2.05) is 6.07 Å². The molecular weight excluding hydrogens is 403 g/mol. The number of nitrogen functional groups attached to an aromatic ring is 1. The smallest absolute Gasteiger partial charge is 0.416 e. The van der Waals surface area contributed by atoms with Gasteiger partial charge in [-0.2, -0.15) is 23.4 Å². The summed E-state index contributed by atoms with van der Waals surface area (Å²) >= 11 is 0. The Bertz CT molecular complexity index is 989. The first-order chi connectivity index (χ1) is 13.9. The van der Waals surface area contributed by atoms with Gasteiger partial charge in [0.2, 0.25) is 11.8 Å². The lowest BCUT2D eigenvalue weighted by Gasteiger charge is -2.31. The number of amides is 1. The Morgan fingerprint density at radius 3 is 2.53 bits per heavy atom. The SMILES string of the molecule is COc1nc(N)nc([C@](N)(CN(C)C)C(=O)Nc2cccc(C(F)(F)F)c2)c1C#N. The molecule has 1 heterocycles. The molecule has 0 radical (unpaired) electrons. The van der Waals surface area contributed by atoms with E-state index in [4.69, 9.17) is 16.2 Å². The predicted molar refractivity (Wildman–Crippen MR) is 102 cm³/mol. The fraction of sp³-hybridized carbons (Fsp3) is 0.333. The Labute approximate surface area is 170 Å². The second-order valence-corrected chi connectivity index (χ2v) is 6.67. The highest BCUT2D eigenvalue weighted by Crippen LogP contribution is 2.32. The van der Waals surface area contributed by atoms with Gasteiger partial charge in [0.05, 0.1) is 18.4 Å². The first kappa shape index (κ1) is 22.9. The van der Waals surface area contributed by atoms with Crippen LogP contribution in [0.2, 0.25) is 0 Å². The van der Waals surface area contributed by atoms with Crippen LogP contribution in [0.3, 0.4) is 0 Å². The van der Waals surface area contributed by atoms with Gasteiger partial charge in [0.25, 0.3) is 5.91 Å². The summed E-state index contributed by atoms with van der Waals surface area (Å²) in [6, 6.07) is 5.91. The second-order valence-electron chi connectivity index (χ2n) is 6.67. The zero-order chi connectivity index (χ0) is 22.7. The van der Waals surface area contributed by atoms with Gasteiger partial charge in [-0.25, -0.2) is 4.98 Å². The van der Waals surface area contributed by atoms with Crippen molar-refractivity contribution in [3.8, 4) is 11.9 Å². The summed E-state index contributed by atoms with van der Waals surface area (Å²) in [7, 11) is 4.49. The molecule has 2 aromatic rings. The minimum Gasteiger partial charge on any atom is -0.480 e. The fourth-order valence-corrected chi connectivity index (χ4v) is 2.80. The molecule has 9 nitrogen and oxygen atoms in total. The Morgan fingerprint density at radius 1 is 1.33 bits per heavy atom. The molecule has 0 aliphatic heterocycles. The lowest BCUT2D eigenvalue weighted by atomic mass is 9.90. The molecule has 1 atom stereocenters. The van der Waals surface area contributed by atoms with E-state index >= 15 is 0 Å². The maximum Gasteiger partial charge on any atom is 0.416 e. The summed E-state index contributed by atoms with van der Waals surface area (Å²) in [5.74, 6) is -1.37. The molecule has 160 valence electrons. The number of nitrogens with one attached hydrogen (secondary N) is 1. The Hall–Kier alpha value is -3.43. The number of rotatable bonds is 6. The van der Waals surface area contributed by atoms with Gasteiger partial charge < -0.3 is 26.4 Å². The highest BCUT2D eigenvalue weighted by molar-refractivity contribution is 5.99. The molecule has 2 rings (SSSR count). The van der Waals surface area contributed by atoms with Crippen molar-refractivity contribution in [3.05, 3.63) is 41.1 Å². The first-order valence-corrected chi connectivity index (χ1v) is 8.46. The van der Waals surface area contributed by atoms with Gasteiger partial charge in [0, 0.05) is 12.2 Å². The number of nitriles is 1. The van der Waals surface area contributed by atoms with Gasteiger partial charge in [-0.3, -0.25) is 4.79 Å². The van der Waals surface area contributed by atoms with Crippen molar-refractivity contribution >= 4 is 17.5 Å². The fourth-order valence-electron chi connectivity index (χ4n) is 2.80. The summed E-state index contributed by atoms with van der Waals surface area (Å²) in [6.07, 6.45) is -4.59. The zero-order valence-corrected chi connectivity index (χ0v) is 16.4. The Balaban J connectivity index is 2.57. The molecule has 0 fully saturated rings. The van der Waals surface area contributed by atoms with E-state index < -0.39 is 23.2 Å². The molecule has 0 bridgehead atoms. The number of likely N-dealkylation sites (N-methyl/N-ethyl adjacent to an activating group) is 1. The van der Waals surface area contributed by atoms with Crippen molar-refractivity contribution in [2.24, 2.45) is 5.73 Å². The minimum absolute atomic E-state index is 0.129. The van der Waals surface area contributed by atoms with E-state index in [2.05, 4.69) is 15.3 Å². The van der Waals surface area contributed by atoms with Crippen LogP contribution in [-0.2, 0) is 16.5 Å². The van der Waals surface area contributed by atoms with Crippen LogP contribution in [0.5, 0.6) is 5.88 Å². The number of methoxy groups -OCH3 is 1. The van der Waals surface area contributed by atoms with Gasteiger partial charge >= 0.3 is 6.18 Å². The largest absolute Gasteiger partial charge is 0.480 e. The molecule has 0 aliphatic carbocycles. The summed E-state index contributed by atoms with van der Waals surface area (Å²) in [5, 5.41) is 11.9. The van der Waals surface area contributed by atoms with Crippen molar-refractivity contribution < 1.29 is 22.7 Å². The molecule has 5 N–H and O–H groups in total. The quantitative estimate of drug-likeness (QED) is 0.631. The van der Waals surface area contributed by atoms with Crippen LogP contribution in [0, 0.1) is 11.3 Å². The zero-order valence-electron chi connectivity index (χ0n) is 16.4. The molecule has 30 heavy (non-hydrogen) atoms. The van der Waals surface area contributed by atoms with E-state index in [9.17, 15) is 23.2 Å².